The van der Waals surface area contributed by atoms with Crippen molar-refractivity contribution in [3.63, 3.8) is 0 Å². The summed E-state index contributed by atoms with van der Waals surface area (Å²) in [5, 5.41) is 0. The monoisotopic (exact) mass is 400 g/mol. The summed E-state index contributed by atoms with van der Waals surface area (Å²) in [6, 6.07) is 5.72. The van der Waals surface area contributed by atoms with Crippen molar-refractivity contribution in [2.24, 2.45) is 0 Å². The highest BCUT2D eigenvalue weighted by Gasteiger charge is 2.24. The Morgan fingerprint density at radius 2 is 0.917 bits per heavy atom. The van der Waals surface area contributed by atoms with Crippen LogP contribution in [0.3, 0.4) is 0 Å². The van der Waals surface area contributed by atoms with Crippen LogP contribution in [0.5, 0.6) is 0 Å². The van der Waals surface area contributed by atoms with Gasteiger partial charge in [0.15, 0.2) is 0 Å². The molecule has 0 amide bonds. The average molecular weight is 401 g/mol. The number of nitrogens with zero attached hydrogens (tertiary/aromatic N) is 2. The van der Waals surface area contributed by atoms with Crippen LogP contribution < -0.4 is 17.0 Å². The highest BCUT2D eigenvalue weighted by molar-refractivity contribution is 4.88. The molecule has 0 saturated heterocycles. The summed E-state index contributed by atoms with van der Waals surface area (Å²) >= 11 is 0. The summed E-state index contributed by atoms with van der Waals surface area (Å²) in [5.41, 5.74) is 0. The van der Waals surface area contributed by atoms with E-state index in [2.05, 4.69) is 32.7 Å². The molecule has 0 radical (unpaired) electrons. The number of hydrogen-bond acceptors (Lipinski definition) is 1. The van der Waals surface area contributed by atoms with Crippen LogP contribution >= 0.6 is 0 Å². The molecule has 1 aromatic rings. The van der Waals surface area contributed by atoms with E-state index in [9.17, 15) is 0 Å². The molecule has 0 spiro atoms. The van der Waals surface area contributed by atoms with Crippen molar-refractivity contribution in [3.05, 3.63) is 30.6 Å². The third-order valence-electron chi connectivity index (χ3n) is 4.51. The van der Waals surface area contributed by atoms with Crippen LogP contribution in [0.15, 0.2) is 30.6 Å². The van der Waals surface area contributed by atoms with E-state index >= 15 is 0 Å². The van der Waals surface area contributed by atoms with Crippen molar-refractivity contribution in [1.29, 1.82) is 0 Å². The predicted octanol–water partition coefficient (Wildman–Crippen LogP) is 3.09. The summed E-state index contributed by atoms with van der Waals surface area (Å²) in [4.78, 5) is 3.78. The summed E-state index contributed by atoms with van der Waals surface area (Å²) in [6.45, 7) is 15.0. The molecule has 24 heavy (non-hydrogen) atoms. The van der Waals surface area contributed by atoms with Gasteiger partial charge >= 0.3 is 0 Å². The fourth-order valence-corrected chi connectivity index (χ4v) is 2.96. The third kappa shape index (κ3) is 14.0. The van der Waals surface area contributed by atoms with Gasteiger partial charge in [-0.2, -0.15) is 0 Å². The lowest BCUT2D eigenvalue weighted by Gasteiger charge is -2.39. The van der Waals surface area contributed by atoms with Crippen molar-refractivity contribution < 1.29 is 21.5 Å². The lowest BCUT2D eigenvalue weighted by molar-refractivity contribution is -0.929. The van der Waals surface area contributed by atoms with E-state index in [4.69, 9.17) is 0 Å². The largest absolute Gasteiger partial charge is 1.00 e. The molecule has 0 saturated carbocycles. The zero-order chi connectivity index (χ0) is 17.2. The van der Waals surface area contributed by atoms with Crippen LogP contribution in [-0.4, -0.2) is 35.6 Å². The van der Waals surface area contributed by atoms with E-state index in [-0.39, 0.29) is 17.0 Å². The third-order valence-corrected chi connectivity index (χ3v) is 4.51. The van der Waals surface area contributed by atoms with Gasteiger partial charge in [-0.25, -0.2) is 0 Å². The number of halogens is 1. The summed E-state index contributed by atoms with van der Waals surface area (Å²) in [6.07, 6.45) is 14.6. The fraction of sp³-hybridized carbons (Fsp3) is 0.762. The molecule has 0 fully saturated rings. The molecule has 0 aliphatic rings. The van der Waals surface area contributed by atoms with Crippen molar-refractivity contribution in [2.75, 3.05) is 26.2 Å². The van der Waals surface area contributed by atoms with Gasteiger partial charge < -0.3 is 21.5 Å². The summed E-state index contributed by atoms with van der Waals surface area (Å²) < 4.78 is 1.42. The maximum atomic E-state index is 3.78. The zero-order valence-corrected chi connectivity index (χ0v) is 18.2. The molecule has 0 aromatic carbocycles. The van der Waals surface area contributed by atoms with Gasteiger partial charge in [0.2, 0.25) is 0 Å². The number of aromatic nitrogens is 1. The van der Waals surface area contributed by atoms with Crippen LogP contribution in [-0.2, 0) is 0 Å². The van der Waals surface area contributed by atoms with Crippen LogP contribution in [0, 0.1) is 0 Å². The molecule has 0 N–H and O–H groups in total. The van der Waals surface area contributed by atoms with E-state index < -0.39 is 0 Å². The number of rotatable bonds is 12. The minimum Gasteiger partial charge on any atom is -1.00 e. The molecule has 0 aliphatic carbocycles. The van der Waals surface area contributed by atoms with Gasteiger partial charge in [0, 0.05) is 12.4 Å². The first-order chi connectivity index (χ1) is 11.2. The standard InChI is InChI=1S/C16H36N.C5H5N.BrH/c1-5-9-13-17(14-10-6-2,15-11-7-3)16-12-8-4;1-2-4-6-5-3-1;/h5-16H2,1-4H3;1-5H;1H/q+1;;/p-1. The normalized spacial score (nSPS) is 10.5. The molecule has 0 unspecified atom stereocenters. The molecular weight excluding hydrogens is 360 g/mol. The molecule has 142 valence electrons. The van der Waals surface area contributed by atoms with Crippen molar-refractivity contribution in [3.8, 4) is 0 Å². The molecule has 0 bridgehead atoms. The zero-order valence-electron chi connectivity index (χ0n) is 16.6. The SMILES string of the molecule is CCCC[N+](CCCC)(CCCC)CCCC.[Br-].c1ccncc1. The van der Waals surface area contributed by atoms with Crippen molar-refractivity contribution >= 4 is 0 Å². The minimum atomic E-state index is 0. The molecule has 3 heteroatoms. The van der Waals surface area contributed by atoms with Crippen LogP contribution in [0.1, 0.15) is 79.1 Å². The number of pyridine rings is 1. The van der Waals surface area contributed by atoms with Gasteiger partial charge in [0.05, 0.1) is 26.2 Å². The Kier molecular flexibility index (Phi) is 20.4. The molecule has 0 atom stereocenters. The van der Waals surface area contributed by atoms with Crippen LogP contribution in [0.2, 0.25) is 0 Å². The summed E-state index contributed by atoms with van der Waals surface area (Å²) in [5.74, 6) is 0. The first-order valence-corrected chi connectivity index (χ1v) is 9.94. The predicted molar refractivity (Wildman–Crippen MR) is 104 cm³/mol. The second kappa shape index (κ2) is 18.9. The van der Waals surface area contributed by atoms with Crippen LogP contribution in [0.4, 0.5) is 0 Å². The van der Waals surface area contributed by atoms with Gasteiger partial charge in [-0.3, -0.25) is 4.98 Å². The number of hydrogen-bond donors (Lipinski definition) is 0. The fourth-order valence-electron chi connectivity index (χ4n) is 2.96. The second-order valence-electron chi connectivity index (χ2n) is 6.67. The smallest absolute Gasteiger partial charge is 0.0786 e. The topological polar surface area (TPSA) is 12.9 Å². The first-order valence-electron chi connectivity index (χ1n) is 9.94. The van der Waals surface area contributed by atoms with Gasteiger partial charge in [0.25, 0.3) is 0 Å². The Bertz CT molecular complexity index is 266. The van der Waals surface area contributed by atoms with Crippen molar-refractivity contribution in [1.82, 2.24) is 4.98 Å². The van der Waals surface area contributed by atoms with E-state index in [0.717, 1.165) is 0 Å². The highest BCUT2D eigenvalue weighted by Crippen LogP contribution is 2.16. The van der Waals surface area contributed by atoms with Crippen LogP contribution in [0.25, 0.3) is 0 Å². The van der Waals surface area contributed by atoms with E-state index in [0.29, 0.717) is 0 Å². The second-order valence-corrected chi connectivity index (χ2v) is 6.67. The Balaban J connectivity index is 0. The lowest BCUT2D eigenvalue weighted by atomic mass is 10.1. The van der Waals surface area contributed by atoms with Gasteiger partial charge in [0.1, 0.15) is 0 Å². The highest BCUT2D eigenvalue weighted by atomic mass is 79.9. The van der Waals surface area contributed by atoms with E-state index in [1.54, 1.807) is 12.4 Å². The molecule has 1 aromatic heterocycles. The number of unbranched alkanes of at least 4 members (excludes halogenated alkanes) is 4. The van der Waals surface area contributed by atoms with E-state index in [1.807, 2.05) is 18.2 Å². The van der Waals surface area contributed by atoms with Gasteiger partial charge in [-0.05, 0) is 37.8 Å². The molecule has 1 rings (SSSR count). The molecular formula is C21H41BrN2. The molecule has 0 aliphatic heterocycles. The lowest BCUT2D eigenvalue weighted by Crippen LogP contribution is -3.00. The van der Waals surface area contributed by atoms with Crippen molar-refractivity contribution in [2.45, 2.75) is 79.1 Å². The first kappa shape index (κ1) is 25.8. The summed E-state index contributed by atoms with van der Waals surface area (Å²) in [7, 11) is 0. The van der Waals surface area contributed by atoms with Gasteiger partial charge in [-0.1, -0.05) is 59.4 Å². The molecule has 2 nitrogen and oxygen atoms in total. The Hall–Kier alpha value is -0.410. The van der Waals surface area contributed by atoms with E-state index in [1.165, 1.54) is 82.0 Å². The Morgan fingerprint density at radius 3 is 1.08 bits per heavy atom. The Labute approximate surface area is 162 Å². The quantitative estimate of drug-likeness (QED) is 0.491. The average Bonchev–Trinajstić information content (AvgIpc) is 2.62. The maximum Gasteiger partial charge on any atom is 0.0786 e. The minimum absolute atomic E-state index is 0. The Morgan fingerprint density at radius 1 is 0.583 bits per heavy atom. The number of quaternary nitrogens is 1. The van der Waals surface area contributed by atoms with Gasteiger partial charge in [-0.15, -0.1) is 0 Å². The maximum absolute atomic E-state index is 3.78. The molecule has 1 heterocycles.